The third-order valence-electron chi connectivity index (χ3n) is 5.15. The van der Waals surface area contributed by atoms with Gasteiger partial charge < -0.3 is 9.64 Å². The number of fused-ring (bicyclic) bond motifs is 2. The van der Waals surface area contributed by atoms with Crippen LogP contribution in [0.25, 0.3) is 11.0 Å². The lowest BCUT2D eigenvalue weighted by molar-refractivity contribution is 0.0580. The molecule has 11 heteroatoms. The highest BCUT2D eigenvalue weighted by Crippen LogP contribution is 2.37. The second-order valence-electron chi connectivity index (χ2n) is 8.87. The molecule has 0 aliphatic carbocycles. The molecule has 0 fully saturated rings. The largest absolute Gasteiger partial charge is 0.443 e. The van der Waals surface area contributed by atoms with E-state index in [0.717, 1.165) is 6.26 Å². The lowest BCUT2D eigenvalue weighted by Crippen LogP contribution is -2.45. The van der Waals surface area contributed by atoms with E-state index in [4.69, 9.17) is 4.74 Å². The average Bonchev–Trinajstić information content (AvgIpc) is 2.73. The van der Waals surface area contributed by atoms with E-state index in [0.29, 0.717) is 35.5 Å². The van der Waals surface area contributed by atoms with Crippen molar-refractivity contribution in [2.45, 2.75) is 31.5 Å². The number of benzene rings is 1. The number of carbonyl (C=O) groups excluding carboxylic acids is 1. The Morgan fingerprint density at radius 2 is 1.76 bits per heavy atom. The van der Waals surface area contributed by atoms with Gasteiger partial charge in [-0.1, -0.05) is 12.1 Å². The van der Waals surface area contributed by atoms with E-state index in [2.05, 4.69) is 9.97 Å². The van der Waals surface area contributed by atoms with Crippen LogP contribution in [0.3, 0.4) is 0 Å². The summed E-state index contributed by atoms with van der Waals surface area (Å²) < 4.78 is 30.5. The topological polar surface area (TPSA) is 115 Å². The van der Waals surface area contributed by atoms with Gasteiger partial charge in [0.05, 0.1) is 11.4 Å². The quantitative estimate of drug-likeness (QED) is 0.524. The van der Waals surface area contributed by atoms with E-state index in [1.54, 1.807) is 17.0 Å². The molecule has 0 unspecified atom stereocenters. The molecule has 174 valence electrons. The molecule has 0 spiro atoms. The average molecular weight is 472 g/mol. The van der Waals surface area contributed by atoms with E-state index in [1.165, 1.54) is 17.8 Å². The zero-order valence-corrected chi connectivity index (χ0v) is 19.9. The van der Waals surface area contributed by atoms with Crippen molar-refractivity contribution in [3.05, 3.63) is 46.9 Å². The molecule has 1 aliphatic rings. The van der Waals surface area contributed by atoms with Crippen LogP contribution in [-0.2, 0) is 21.6 Å². The molecular formula is C22H25N5O5S. The van der Waals surface area contributed by atoms with Gasteiger partial charge in [0, 0.05) is 38.0 Å². The standard InChI is InChI=1S/C22H25N5O5S/c1-22(2,3)32-21(29)27-11-10-26(15-8-6-7-9-16(15)27)17-12-14-13-23-20(33(5,30)31)24-18(14)25(4)19(17)28/h6-9,12-13H,10-11H2,1-5H3. The summed E-state index contributed by atoms with van der Waals surface area (Å²) in [6, 6.07) is 8.93. The summed E-state index contributed by atoms with van der Waals surface area (Å²) in [6.07, 6.45) is 1.95. The fourth-order valence-corrected chi connectivity index (χ4v) is 4.20. The number of carbonyl (C=O) groups is 1. The van der Waals surface area contributed by atoms with Crippen molar-refractivity contribution in [2.75, 3.05) is 29.1 Å². The Bertz CT molecular complexity index is 1430. The van der Waals surface area contributed by atoms with Gasteiger partial charge in [-0.25, -0.2) is 18.2 Å². The number of anilines is 3. The molecule has 3 aromatic rings. The molecule has 0 N–H and O–H groups in total. The van der Waals surface area contributed by atoms with Crippen LogP contribution in [0.4, 0.5) is 21.9 Å². The molecular weight excluding hydrogens is 446 g/mol. The first-order chi connectivity index (χ1) is 15.4. The molecule has 33 heavy (non-hydrogen) atoms. The van der Waals surface area contributed by atoms with Crippen LogP contribution < -0.4 is 15.4 Å². The zero-order valence-electron chi connectivity index (χ0n) is 19.1. The van der Waals surface area contributed by atoms with Crippen LogP contribution >= 0.6 is 0 Å². The molecule has 10 nitrogen and oxygen atoms in total. The Labute approximate surface area is 191 Å². The molecule has 0 bridgehead atoms. The number of sulfone groups is 1. The fraction of sp³-hybridized carbons (Fsp3) is 0.364. The van der Waals surface area contributed by atoms with Crippen molar-refractivity contribution in [3.63, 3.8) is 0 Å². The van der Waals surface area contributed by atoms with Crippen molar-refractivity contribution >= 4 is 44.0 Å². The summed E-state index contributed by atoms with van der Waals surface area (Å²) in [5.41, 5.74) is 0.920. The van der Waals surface area contributed by atoms with E-state index >= 15 is 0 Å². The van der Waals surface area contributed by atoms with Crippen molar-refractivity contribution in [2.24, 2.45) is 7.05 Å². The predicted molar refractivity (Wildman–Crippen MR) is 125 cm³/mol. The summed E-state index contributed by atoms with van der Waals surface area (Å²) >= 11 is 0. The number of nitrogens with zero attached hydrogens (tertiary/aromatic N) is 5. The van der Waals surface area contributed by atoms with E-state index in [1.807, 2.05) is 43.9 Å². The van der Waals surface area contributed by atoms with Crippen LogP contribution in [0.2, 0.25) is 0 Å². The Kier molecular flexibility index (Phi) is 5.39. The summed E-state index contributed by atoms with van der Waals surface area (Å²) in [5.74, 6) is 0. The smallest absolute Gasteiger partial charge is 0.414 e. The number of hydrogen-bond donors (Lipinski definition) is 0. The molecule has 0 radical (unpaired) electrons. The first-order valence-electron chi connectivity index (χ1n) is 10.3. The third kappa shape index (κ3) is 4.28. The van der Waals surface area contributed by atoms with Crippen molar-refractivity contribution in [1.82, 2.24) is 14.5 Å². The number of amides is 1. The molecule has 0 saturated carbocycles. The molecule has 0 saturated heterocycles. The summed E-state index contributed by atoms with van der Waals surface area (Å²) in [5, 5.41) is 0.181. The van der Waals surface area contributed by atoms with Gasteiger partial charge in [-0.05, 0) is 39.0 Å². The Balaban J connectivity index is 1.81. The van der Waals surface area contributed by atoms with Crippen LogP contribution in [0.1, 0.15) is 20.8 Å². The minimum Gasteiger partial charge on any atom is -0.443 e. The number of para-hydroxylation sites is 2. The van der Waals surface area contributed by atoms with Crippen molar-refractivity contribution in [1.29, 1.82) is 0 Å². The van der Waals surface area contributed by atoms with Gasteiger partial charge in [-0.3, -0.25) is 14.3 Å². The van der Waals surface area contributed by atoms with Gasteiger partial charge in [0.25, 0.3) is 5.56 Å². The summed E-state index contributed by atoms with van der Waals surface area (Å²) in [4.78, 5) is 37.5. The Morgan fingerprint density at radius 3 is 2.39 bits per heavy atom. The SMILES string of the molecule is Cn1c(=O)c(N2CCN(C(=O)OC(C)(C)C)c3ccccc32)cc2cnc(S(C)(=O)=O)nc21. The van der Waals surface area contributed by atoms with Gasteiger partial charge in [0.15, 0.2) is 0 Å². The normalized spacial score (nSPS) is 14.3. The second kappa shape index (κ2) is 7.84. The number of hydrogen-bond acceptors (Lipinski definition) is 8. The number of pyridine rings is 1. The van der Waals surface area contributed by atoms with Crippen molar-refractivity contribution in [3.8, 4) is 0 Å². The fourth-order valence-electron chi connectivity index (χ4n) is 3.70. The molecule has 2 aromatic heterocycles. The molecule has 1 amide bonds. The second-order valence-corrected chi connectivity index (χ2v) is 10.8. The summed E-state index contributed by atoms with van der Waals surface area (Å²) in [6.45, 7) is 6.10. The van der Waals surface area contributed by atoms with Crippen LogP contribution in [0, 0.1) is 0 Å². The number of ether oxygens (including phenoxy) is 1. The maximum absolute atomic E-state index is 13.3. The van der Waals surface area contributed by atoms with E-state index in [9.17, 15) is 18.0 Å². The van der Waals surface area contributed by atoms with E-state index in [-0.39, 0.29) is 16.4 Å². The number of aromatic nitrogens is 3. The van der Waals surface area contributed by atoms with E-state index < -0.39 is 21.5 Å². The molecule has 4 rings (SSSR count). The van der Waals surface area contributed by atoms with Gasteiger partial charge in [-0.15, -0.1) is 0 Å². The molecule has 1 aliphatic heterocycles. The third-order valence-corrected chi connectivity index (χ3v) is 6.01. The highest BCUT2D eigenvalue weighted by atomic mass is 32.2. The highest BCUT2D eigenvalue weighted by molar-refractivity contribution is 7.90. The maximum atomic E-state index is 13.3. The molecule has 0 atom stereocenters. The minimum atomic E-state index is -3.62. The van der Waals surface area contributed by atoms with Gasteiger partial charge in [-0.2, -0.15) is 4.98 Å². The highest BCUT2D eigenvalue weighted by Gasteiger charge is 2.32. The van der Waals surface area contributed by atoms with Crippen molar-refractivity contribution < 1.29 is 17.9 Å². The summed E-state index contributed by atoms with van der Waals surface area (Å²) in [7, 11) is -2.08. The van der Waals surface area contributed by atoms with Gasteiger partial charge in [0.1, 0.15) is 16.9 Å². The van der Waals surface area contributed by atoms with Gasteiger partial charge >= 0.3 is 6.09 Å². The minimum absolute atomic E-state index is 0.222. The van der Waals surface area contributed by atoms with Gasteiger partial charge in [0.2, 0.25) is 15.0 Å². The molecule has 1 aromatic carbocycles. The lowest BCUT2D eigenvalue weighted by Gasteiger charge is -2.38. The molecule has 3 heterocycles. The first kappa shape index (κ1) is 22.7. The number of rotatable bonds is 2. The monoisotopic (exact) mass is 471 g/mol. The Morgan fingerprint density at radius 1 is 1.09 bits per heavy atom. The van der Waals surface area contributed by atoms with Crippen LogP contribution in [0.15, 0.2) is 46.5 Å². The zero-order chi connectivity index (χ0) is 24.1. The Hall–Kier alpha value is -3.47. The lowest BCUT2D eigenvalue weighted by atomic mass is 10.1. The predicted octanol–water partition coefficient (Wildman–Crippen LogP) is 2.63. The first-order valence-corrected chi connectivity index (χ1v) is 12.2. The maximum Gasteiger partial charge on any atom is 0.414 e. The van der Waals surface area contributed by atoms with Crippen LogP contribution in [0.5, 0.6) is 0 Å². The van der Waals surface area contributed by atoms with Crippen LogP contribution in [-0.4, -0.2) is 54.0 Å². The number of aryl methyl sites for hydroxylation is 1.